The van der Waals surface area contributed by atoms with Gasteiger partial charge in [0.25, 0.3) is 5.95 Å². The van der Waals surface area contributed by atoms with Crippen molar-refractivity contribution in [2.45, 2.75) is 63.7 Å². The molecule has 1 aromatic rings. The van der Waals surface area contributed by atoms with Crippen molar-refractivity contribution in [3.8, 4) is 0 Å². The fourth-order valence-electron chi connectivity index (χ4n) is 5.98. The van der Waals surface area contributed by atoms with E-state index in [1.807, 2.05) is 0 Å². The second-order valence-electron chi connectivity index (χ2n) is 8.80. The van der Waals surface area contributed by atoms with Gasteiger partial charge < -0.3 is 9.42 Å². The summed E-state index contributed by atoms with van der Waals surface area (Å²) in [6, 6.07) is 0. The van der Waals surface area contributed by atoms with Crippen molar-refractivity contribution in [3.05, 3.63) is 5.89 Å². The molecule has 5 fully saturated rings. The van der Waals surface area contributed by atoms with Gasteiger partial charge in [-0.1, -0.05) is 0 Å². The maximum Gasteiger partial charge on any atom is 0.265 e. The Morgan fingerprint density at radius 3 is 2.32 bits per heavy atom. The molecule has 5 aliphatic rings. The minimum atomic E-state index is 0.554. The van der Waals surface area contributed by atoms with Crippen molar-refractivity contribution in [3.63, 3.8) is 0 Å². The van der Waals surface area contributed by atoms with Gasteiger partial charge >= 0.3 is 0 Å². The van der Waals surface area contributed by atoms with E-state index in [0.717, 1.165) is 36.1 Å². The molecule has 0 aliphatic heterocycles. The number of anilines is 1. The largest absolute Gasteiger partial charge is 0.341 e. The predicted octanol–water partition coefficient (Wildman–Crippen LogP) is 3.99. The zero-order valence-corrected chi connectivity index (χ0v) is 13.6. The van der Waals surface area contributed by atoms with E-state index < -0.39 is 0 Å². The fraction of sp³-hybridized carbons (Fsp3) is 0.889. The van der Waals surface area contributed by atoms with E-state index in [9.17, 15) is 0 Å². The van der Waals surface area contributed by atoms with E-state index in [4.69, 9.17) is 4.52 Å². The summed E-state index contributed by atoms with van der Waals surface area (Å²) in [7, 11) is 2.13. The van der Waals surface area contributed by atoms with Gasteiger partial charge in [0, 0.05) is 19.5 Å². The van der Waals surface area contributed by atoms with Crippen LogP contribution < -0.4 is 4.90 Å². The summed E-state index contributed by atoms with van der Waals surface area (Å²) in [6.07, 6.45) is 12.8. The zero-order chi connectivity index (χ0) is 14.7. The van der Waals surface area contributed by atoms with Crippen LogP contribution in [0.25, 0.3) is 0 Å². The maximum absolute atomic E-state index is 5.40. The topological polar surface area (TPSA) is 42.2 Å². The third-order valence-corrected chi connectivity index (χ3v) is 6.84. The first kappa shape index (κ1) is 13.4. The van der Waals surface area contributed by atoms with Crippen LogP contribution in [0.3, 0.4) is 0 Å². The van der Waals surface area contributed by atoms with Crippen molar-refractivity contribution in [2.75, 3.05) is 18.5 Å². The van der Waals surface area contributed by atoms with Gasteiger partial charge in [0.05, 0.1) is 0 Å². The average molecular weight is 301 g/mol. The molecule has 0 spiro atoms. The maximum atomic E-state index is 5.40. The Balaban J connectivity index is 1.24. The van der Waals surface area contributed by atoms with E-state index in [-0.39, 0.29) is 0 Å². The molecule has 6 rings (SSSR count). The molecule has 0 amide bonds. The summed E-state index contributed by atoms with van der Waals surface area (Å²) in [6.45, 7) is 1.08. The quantitative estimate of drug-likeness (QED) is 0.824. The molecule has 0 N–H and O–H groups in total. The zero-order valence-electron chi connectivity index (χ0n) is 13.6. The summed E-state index contributed by atoms with van der Waals surface area (Å²) in [4.78, 5) is 6.80. The number of aromatic nitrogens is 2. The van der Waals surface area contributed by atoms with Crippen LogP contribution >= 0.6 is 0 Å². The first-order chi connectivity index (χ1) is 10.7. The Kier molecular flexibility index (Phi) is 2.87. The Morgan fingerprint density at radius 2 is 1.73 bits per heavy atom. The van der Waals surface area contributed by atoms with Crippen molar-refractivity contribution in [1.82, 2.24) is 10.1 Å². The molecule has 0 atom stereocenters. The van der Waals surface area contributed by atoms with Crippen LogP contribution in [0, 0.1) is 23.2 Å². The number of rotatable bonds is 5. The summed E-state index contributed by atoms with van der Waals surface area (Å²) < 4.78 is 5.40. The van der Waals surface area contributed by atoms with Gasteiger partial charge in [0.15, 0.2) is 0 Å². The van der Waals surface area contributed by atoms with Crippen molar-refractivity contribution >= 4 is 5.95 Å². The molecule has 0 unspecified atom stereocenters. The third-order valence-electron chi connectivity index (χ3n) is 6.84. The Morgan fingerprint density at radius 1 is 1.09 bits per heavy atom. The number of nitrogens with zero attached hydrogens (tertiary/aromatic N) is 3. The van der Waals surface area contributed by atoms with E-state index in [1.54, 1.807) is 0 Å². The Hall–Kier alpha value is -1.06. The molecule has 4 heteroatoms. The van der Waals surface area contributed by atoms with Gasteiger partial charge in [0.2, 0.25) is 5.89 Å². The molecule has 120 valence electrons. The van der Waals surface area contributed by atoms with E-state index in [0.29, 0.717) is 11.3 Å². The fourth-order valence-corrected chi connectivity index (χ4v) is 5.98. The van der Waals surface area contributed by atoms with Gasteiger partial charge in [0.1, 0.15) is 0 Å². The molecule has 0 saturated heterocycles. The van der Waals surface area contributed by atoms with E-state index in [1.165, 1.54) is 57.8 Å². The first-order valence-electron chi connectivity index (χ1n) is 9.24. The predicted molar refractivity (Wildman–Crippen MR) is 84.8 cm³/mol. The highest BCUT2D eigenvalue weighted by atomic mass is 16.5. The van der Waals surface area contributed by atoms with Crippen LogP contribution in [-0.4, -0.2) is 23.7 Å². The molecule has 0 aromatic carbocycles. The molecule has 4 nitrogen and oxygen atoms in total. The monoisotopic (exact) mass is 301 g/mol. The molecule has 4 bridgehead atoms. The lowest BCUT2D eigenvalue weighted by molar-refractivity contribution is -0.0558. The van der Waals surface area contributed by atoms with E-state index >= 15 is 0 Å². The van der Waals surface area contributed by atoms with Crippen LogP contribution in [0.5, 0.6) is 0 Å². The molecular weight excluding hydrogens is 274 g/mol. The molecule has 0 radical (unpaired) electrons. The normalized spacial score (nSPS) is 39.4. The molecule has 1 aromatic heterocycles. The highest BCUT2D eigenvalue weighted by molar-refractivity contribution is 5.27. The lowest BCUT2D eigenvalue weighted by Gasteiger charge is -2.57. The van der Waals surface area contributed by atoms with E-state index in [2.05, 4.69) is 22.1 Å². The van der Waals surface area contributed by atoms with Gasteiger partial charge in [-0.2, -0.15) is 4.98 Å². The molecule has 5 saturated carbocycles. The van der Waals surface area contributed by atoms with Gasteiger partial charge in [-0.05, 0) is 86.1 Å². The minimum absolute atomic E-state index is 0.554. The number of hydrogen-bond acceptors (Lipinski definition) is 4. The third kappa shape index (κ3) is 2.26. The van der Waals surface area contributed by atoms with Crippen LogP contribution in [0.4, 0.5) is 5.95 Å². The first-order valence-corrected chi connectivity index (χ1v) is 9.24. The second-order valence-corrected chi connectivity index (χ2v) is 8.80. The van der Waals surface area contributed by atoms with Gasteiger partial charge in [-0.15, -0.1) is 0 Å². The summed E-state index contributed by atoms with van der Waals surface area (Å²) in [5.74, 6) is 5.34. The molecule has 5 aliphatic carbocycles. The van der Waals surface area contributed by atoms with Crippen LogP contribution in [0.1, 0.15) is 69.6 Å². The lowest BCUT2D eigenvalue weighted by atomic mass is 9.49. The lowest BCUT2D eigenvalue weighted by Crippen LogP contribution is -2.47. The summed E-state index contributed by atoms with van der Waals surface area (Å²) in [5, 5.41) is 4.18. The standard InChI is InChI=1S/C18H27N3O/c1-21(17-19-16(22-20-17)15-2-3-15)5-4-18-9-12-6-13(10-18)8-14(7-12)11-18/h12-15H,2-11H2,1H3. The molecule has 22 heavy (non-hydrogen) atoms. The second kappa shape index (κ2) is 4.72. The summed E-state index contributed by atoms with van der Waals surface area (Å²) in [5.41, 5.74) is 0.645. The minimum Gasteiger partial charge on any atom is -0.341 e. The van der Waals surface area contributed by atoms with Crippen LogP contribution in [-0.2, 0) is 0 Å². The van der Waals surface area contributed by atoms with Crippen LogP contribution in [0.15, 0.2) is 4.52 Å². The van der Waals surface area contributed by atoms with Gasteiger partial charge in [-0.25, -0.2) is 0 Å². The summed E-state index contributed by atoms with van der Waals surface area (Å²) >= 11 is 0. The molecular formula is C18H27N3O. The number of hydrogen-bond donors (Lipinski definition) is 0. The smallest absolute Gasteiger partial charge is 0.265 e. The van der Waals surface area contributed by atoms with Crippen molar-refractivity contribution in [1.29, 1.82) is 0 Å². The Labute approximate surface area is 132 Å². The van der Waals surface area contributed by atoms with Gasteiger partial charge in [-0.3, -0.25) is 0 Å². The van der Waals surface area contributed by atoms with Crippen molar-refractivity contribution < 1.29 is 4.52 Å². The molecule has 1 heterocycles. The van der Waals surface area contributed by atoms with Crippen LogP contribution in [0.2, 0.25) is 0 Å². The highest BCUT2D eigenvalue weighted by Crippen LogP contribution is 2.61. The highest BCUT2D eigenvalue weighted by Gasteiger charge is 2.50. The average Bonchev–Trinajstić information content (AvgIpc) is 3.21. The SMILES string of the molecule is CN(CCC12CC3CC(CC(C3)C1)C2)c1noc(C2CC2)n1. The Bertz CT molecular complexity index is 527. The van der Waals surface area contributed by atoms with Crippen molar-refractivity contribution in [2.24, 2.45) is 23.2 Å².